The number of nitrogens with zero attached hydrogens (tertiary/aromatic N) is 2. The van der Waals surface area contributed by atoms with Gasteiger partial charge in [-0.2, -0.15) is 4.31 Å². The molecule has 2 aromatic carbocycles. The third-order valence-corrected chi connectivity index (χ3v) is 8.16. The number of aliphatic hydroxyl groups is 1. The van der Waals surface area contributed by atoms with Gasteiger partial charge in [-0.15, -0.1) is 0 Å². The van der Waals surface area contributed by atoms with E-state index in [4.69, 9.17) is 4.74 Å². The number of halogens is 1. The molecule has 3 atom stereocenters. The van der Waals surface area contributed by atoms with Gasteiger partial charge in [-0.25, -0.2) is 17.6 Å². The number of para-hydroxylation sites is 1. The molecule has 0 saturated heterocycles. The molecule has 0 unspecified atom stereocenters. The van der Waals surface area contributed by atoms with Crippen molar-refractivity contribution in [2.45, 2.75) is 50.8 Å². The number of amides is 3. The number of aliphatic hydroxyl groups excluding tert-OH is 1. The molecule has 10 nitrogen and oxygen atoms in total. The first-order valence-corrected chi connectivity index (χ1v) is 13.8. The fourth-order valence-corrected chi connectivity index (χ4v) is 5.30. The number of anilines is 1. The number of fused-ring (bicyclic) bond motifs is 1. The van der Waals surface area contributed by atoms with Crippen LogP contribution in [0, 0.1) is 11.7 Å². The van der Waals surface area contributed by atoms with Crippen molar-refractivity contribution in [3.05, 3.63) is 53.8 Å². The van der Waals surface area contributed by atoms with Gasteiger partial charge in [0.1, 0.15) is 11.9 Å². The van der Waals surface area contributed by atoms with Crippen LogP contribution in [-0.2, 0) is 10.0 Å². The number of hydrogen-bond acceptors (Lipinski definition) is 6. The summed E-state index contributed by atoms with van der Waals surface area (Å²) in [6, 6.07) is 8.15. The minimum Gasteiger partial charge on any atom is -0.486 e. The van der Waals surface area contributed by atoms with E-state index in [2.05, 4.69) is 10.6 Å². The second-order valence-corrected chi connectivity index (χ2v) is 11.8. The Morgan fingerprint density at radius 1 is 1.21 bits per heavy atom. The van der Waals surface area contributed by atoms with Crippen molar-refractivity contribution < 1.29 is 32.2 Å². The highest BCUT2D eigenvalue weighted by molar-refractivity contribution is 7.89. The van der Waals surface area contributed by atoms with Crippen molar-refractivity contribution in [1.29, 1.82) is 0 Å². The van der Waals surface area contributed by atoms with E-state index in [1.807, 2.05) is 6.92 Å². The van der Waals surface area contributed by atoms with Gasteiger partial charge in [-0.3, -0.25) is 4.79 Å². The molecule has 3 N–H and O–H groups in total. The van der Waals surface area contributed by atoms with Crippen LogP contribution in [0.25, 0.3) is 0 Å². The van der Waals surface area contributed by atoms with Gasteiger partial charge in [-0.1, -0.05) is 13.0 Å². The Morgan fingerprint density at radius 3 is 2.47 bits per heavy atom. The van der Waals surface area contributed by atoms with Crippen LogP contribution < -0.4 is 15.4 Å². The number of benzene rings is 2. The topological polar surface area (TPSA) is 128 Å². The molecule has 2 aromatic rings. The lowest BCUT2D eigenvalue weighted by Gasteiger charge is -2.38. The summed E-state index contributed by atoms with van der Waals surface area (Å²) < 4.78 is 47.2. The molecule has 0 aromatic heterocycles. The van der Waals surface area contributed by atoms with Crippen LogP contribution >= 0.6 is 0 Å². The third-order valence-electron chi connectivity index (χ3n) is 6.32. The number of carbonyl (C=O) groups is 2. The van der Waals surface area contributed by atoms with E-state index < -0.39 is 34.0 Å². The fraction of sp³-hybridized carbons (Fsp3) is 0.462. The number of hydrogen-bond donors (Lipinski definition) is 3. The highest BCUT2D eigenvalue weighted by atomic mass is 32.2. The zero-order valence-corrected chi connectivity index (χ0v) is 23.0. The van der Waals surface area contributed by atoms with Gasteiger partial charge in [0.05, 0.1) is 35.3 Å². The van der Waals surface area contributed by atoms with E-state index in [1.54, 1.807) is 39.0 Å². The molecular formula is C26H35FN4O6S. The Labute approximate surface area is 222 Å². The van der Waals surface area contributed by atoms with E-state index in [0.29, 0.717) is 0 Å². The maximum Gasteiger partial charge on any atom is 0.319 e. The molecule has 12 heteroatoms. The van der Waals surface area contributed by atoms with Crippen molar-refractivity contribution in [1.82, 2.24) is 14.5 Å². The maximum atomic E-state index is 13.5. The number of likely N-dealkylation sites (N-methyl/N-ethyl adjacent to an activating group) is 1. The number of rotatable bonds is 8. The van der Waals surface area contributed by atoms with E-state index in [-0.39, 0.29) is 59.5 Å². The van der Waals surface area contributed by atoms with E-state index in [0.717, 1.165) is 16.4 Å². The Morgan fingerprint density at radius 2 is 1.87 bits per heavy atom. The summed E-state index contributed by atoms with van der Waals surface area (Å²) in [4.78, 5) is 27.4. The molecule has 1 heterocycles. The minimum atomic E-state index is -3.98. The van der Waals surface area contributed by atoms with Crippen molar-refractivity contribution in [2.24, 2.45) is 5.92 Å². The summed E-state index contributed by atoms with van der Waals surface area (Å²) in [5, 5.41) is 15.3. The van der Waals surface area contributed by atoms with Crippen LogP contribution in [-0.4, -0.2) is 79.6 Å². The van der Waals surface area contributed by atoms with Gasteiger partial charge in [0.15, 0.2) is 5.75 Å². The molecule has 38 heavy (non-hydrogen) atoms. The molecular weight excluding hydrogens is 515 g/mol. The maximum absolute atomic E-state index is 13.5. The van der Waals surface area contributed by atoms with Gasteiger partial charge in [0, 0.05) is 25.6 Å². The van der Waals surface area contributed by atoms with Crippen LogP contribution in [0.4, 0.5) is 14.9 Å². The number of nitrogens with one attached hydrogen (secondary N) is 2. The average molecular weight is 551 g/mol. The quantitative estimate of drug-likeness (QED) is 0.464. The molecule has 0 bridgehead atoms. The summed E-state index contributed by atoms with van der Waals surface area (Å²) in [5.41, 5.74) is 0.419. The molecule has 1 aliphatic rings. The van der Waals surface area contributed by atoms with E-state index >= 15 is 0 Å². The van der Waals surface area contributed by atoms with Crippen molar-refractivity contribution in [3.8, 4) is 5.75 Å². The van der Waals surface area contributed by atoms with Crippen LogP contribution in [0.3, 0.4) is 0 Å². The van der Waals surface area contributed by atoms with E-state index in [9.17, 15) is 27.5 Å². The monoisotopic (exact) mass is 550 g/mol. The van der Waals surface area contributed by atoms with Crippen molar-refractivity contribution in [3.63, 3.8) is 0 Å². The zero-order valence-electron chi connectivity index (χ0n) is 22.1. The number of ether oxygens (including phenoxy) is 1. The average Bonchev–Trinajstić information content (AvgIpc) is 2.85. The Balaban J connectivity index is 2.02. The van der Waals surface area contributed by atoms with Gasteiger partial charge in [0.2, 0.25) is 10.0 Å². The molecule has 208 valence electrons. The van der Waals surface area contributed by atoms with E-state index in [1.165, 1.54) is 24.1 Å². The molecule has 3 amide bonds. The lowest BCUT2D eigenvalue weighted by molar-refractivity contribution is 0.0389. The summed E-state index contributed by atoms with van der Waals surface area (Å²) in [5.74, 6) is -1.20. The second kappa shape index (κ2) is 12.1. The minimum absolute atomic E-state index is 0.0706. The highest BCUT2D eigenvalue weighted by Crippen LogP contribution is 2.35. The first-order valence-electron chi connectivity index (χ1n) is 12.4. The lowest BCUT2D eigenvalue weighted by atomic mass is 9.99. The van der Waals surface area contributed by atoms with Crippen molar-refractivity contribution in [2.75, 3.05) is 32.1 Å². The molecule has 0 spiro atoms. The normalized spacial score (nSPS) is 18.9. The Hall–Kier alpha value is -3.22. The van der Waals surface area contributed by atoms with Crippen LogP contribution in [0.5, 0.6) is 5.75 Å². The number of urea groups is 1. The molecule has 0 radical (unpaired) electrons. The Bertz CT molecular complexity index is 1250. The van der Waals surface area contributed by atoms with Crippen LogP contribution in [0.2, 0.25) is 0 Å². The number of sulfonamides is 1. The van der Waals surface area contributed by atoms with Gasteiger partial charge in [-0.05, 0) is 57.2 Å². The molecule has 0 aliphatic carbocycles. The molecule has 3 rings (SSSR count). The first-order chi connectivity index (χ1) is 17.8. The van der Waals surface area contributed by atoms with Gasteiger partial charge >= 0.3 is 6.03 Å². The largest absolute Gasteiger partial charge is 0.486 e. The standard InChI is InChI=1S/C26H35FN4O6S/c1-16(2)28-26(34)29-22-8-6-7-21-24(22)37-23(17(3)13-31(25(21)33)18(4)15-32)14-30(5)38(35,36)20-11-9-19(27)10-12-20/h6-12,16-18,23,32H,13-15H2,1-5H3,(H2,28,29,34)/t17-,18+,23-/m1/s1. The first kappa shape index (κ1) is 29.3. The van der Waals surface area contributed by atoms with Crippen LogP contribution in [0.15, 0.2) is 47.4 Å². The molecule has 0 fully saturated rings. The fourth-order valence-electron chi connectivity index (χ4n) is 4.12. The SMILES string of the molecule is CC(C)NC(=O)Nc1cccc2c1O[C@H](CN(C)S(=O)(=O)c1ccc(F)cc1)[C@H](C)CN([C@@H](C)CO)C2=O. The summed E-state index contributed by atoms with van der Waals surface area (Å²) in [7, 11) is -2.58. The zero-order chi connectivity index (χ0) is 28.2. The second-order valence-electron chi connectivity index (χ2n) is 9.80. The molecule has 0 saturated carbocycles. The summed E-state index contributed by atoms with van der Waals surface area (Å²) in [6.45, 7) is 6.97. The summed E-state index contributed by atoms with van der Waals surface area (Å²) >= 11 is 0. The van der Waals surface area contributed by atoms with Crippen LogP contribution in [0.1, 0.15) is 38.1 Å². The predicted molar refractivity (Wildman–Crippen MR) is 141 cm³/mol. The van der Waals surface area contributed by atoms with Crippen molar-refractivity contribution >= 4 is 27.6 Å². The highest BCUT2D eigenvalue weighted by Gasteiger charge is 2.36. The lowest BCUT2D eigenvalue weighted by Crippen LogP contribution is -2.50. The third kappa shape index (κ3) is 6.61. The molecule has 1 aliphatic heterocycles. The van der Waals surface area contributed by atoms with Gasteiger partial charge < -0.3 is 25.4 Å². The van der Waals surface area contributed by atoms with Gasteiger partial charge in [0.25, 0.3) is 5.91 Å². The number of carbonyl (C=O) groups excluding carboxylic acids is 2. The summed E-state index contributed by atoms with van der Waals surface area (Å²) in [6.07, 6.45) is -0.744. The Kier molecular flexibility index (Phi) is 9.34. The predicted octanol–water partition coefficient (Wildman–Crippen LogP) is 2.90. The smallest absolute Gasteiger partial charge is 0.319 e.